The van der Waals surface area contributed by atoms with Gasteiger partial charge in [-0.2, -0.15) is 5.26 Å². The Balaban J connectivity index is 1.98. The number of aromatic amines is 1. The minimum atomic E-state index is -0.331. The number of carbonyl (C=O) groups is 1. The highest BCUT2D eigenvalue weighted by atomic mass is 32.2. The Bertz CT molecular complexity index is 728. The van der Waals surface area contributed by atoms with E-state index in [9.17, 15) is 9.59 Å². The van der Waals surface area contributed by atoms with Crippen LogP contribution in [0.25, 0.3) is 0 Å². The Morgan fingerprint density at radius 3 is 2.95 bits per heavy atom. The third kappa shape index (κ3) is 3.07. The minimum Gasteiger partial charge on any atom is -0.324 e. The monoisotopic (exact) mass is 289 g/mol. The van der Waals surface area contributed by atoms with Crippen molar-refractivity contribution < 1.29 is 4.79 Å². The number of amides is 1. The fourth-order valence-corrected chi connectivity index (χ4v) is 2.19. The average Bonchev–Trinajstić information content (AvgIpc) is 2.77. The highest BCUT2D eigenvalue weighted by molar-refractivity contribution is 7.99. The normalized spacial score (nSPS) is 10.0. The number of benzene rings is 1. The second-order valence-electron chi connectivity index (χ2n) is 3.86. The van der Waals surface area contributed by atoms with E-state index in [0.717, 1.165) is 11.8 Å². The molecule has 1 aromatic carbocycles. The quantitative estimate of drug-likeness (QED) is 0.807. The van der Waals surface area contributed by atoms with E-state index in [1.165, 1.54) is 4.57 Å². The second-order valence-corrected chi connectivity index (χ2v) is 4.81. The lowest BCUT2D eigenvalue weighted by Gasteiger charge is -2.06. The Morgan fingerprint density at radius 2 is 2.30 bits per heavy atom. The Hall–Kier alpha value is -2.53. The molecule has 0 saturated carbocycles. The predicted octanol–water partition coefficient (Wildman–Crippen LogP) is 0.711. The van der Waals surface area contributed by atoms with Gasteiger partial charge in [-0.15, -0.1) is 5.10 Å². The molecule has 20 heavy (non-hydrogen) atoms. The van der Waals surface area contributed by atoms with Crippen molar-refractivity contribution in [2.24, 2.45) is 7.05 Å². The van der Waals surface area contributed by atoms with Crippen LogP contribution in [0.5, 0.6) is 0 Å². The molecule has 1 heterocycles. The van der Waals surface area contributed by atoms with Gasteiger partial charge in [0.1, 0.15) is 6.07 Å². The summed E-state index contributed by atoms with van der Waals surface area (Å²) >= 11 is 1.13. The summed E-state index contributed by atoms with van der Waals surface area (Å²) in [6, 6.07) is 8.75. The van der Waals surface area contributed by atoms with Crippen LogP contribution in [-0.4, -0.2) is 26.4 Å². The highest BCUT2D eigenvalue weighted by Crippen LogP contribution is 2.16. The van der Waals surface area contributed by atoms with Gasteiger partial charge in [-0.25, -0.2) is 9.89 Å². The molecule has 0 unspecified atom stereocenters. The van der Waals surface area contributed by atoms with Crippen molar-refractivity contribution in [3.8, 4) is 6.07 Å². The van der Waals surface area contributed by atoms with Gasteiger partial charge >= 0.3 is 5.69 Å². The summed E-state index contributed by atoms with van der Waals surface area (Å²) in [6.07, 6.45) is 0. The maximum atomic E-state index is 11.8. The standard InChI is InChI=1S/C12H11N5O2S/c1-17-11(19)15-16-12(17)20-7-10(18)14-9-5-3-2-4-8(9)6-13/h2-5H,7H2,1H3,(H,14,18)(H,15,19). The van der Waals surface area contributed by atoms with Crippen molar-refractivity contribution in [3.05, 3.63) is 40.3 Å². The first-order valence-electron chi connectivity index (χ1n) is 5.65. The van der Waals surface area contributed by atoms with E-state index in [1.807, 2.05) is 6.07 Å². The SMILES string of the molecule is Cn1c(SCC(=O)Nc2ccccc2C#N)n[nH]c1=O. The summed E-state index contributed by atoms with van der Waals surface area (Å²) in [5.41, 5.74) is 0.539. The number of anilines is 1. The molecule has 0 spiro atoms. The lowest BCUT2D eigenvalue weighted by Crippen LogP contribution is -2.16. The van der Waals surface area contributed by atoms with E-state index in [0.29, 0.717) is 16.4 Å². The number of carbonyl (C=O) groups excluding carboxylic acids is 1. The first-order chi connectivity index (χ1) is 9.61. The molecule has 0 aliphatic heterocycles. The van der Waals surface area contributed by atoms with Gasteiger partial charge in [0, 0.05) is 7.05 Å². The molecule has 102 valence electrons. The molecular weight excluding hydrogens is 278 g/mol. The number of hydrogen-bond acceptors (Lipinski definition) is 5. The van der Waals surface area contributed by atoms with Crippen molar-refractivity contribution in [1.82, 2.24) is 14.8 Å². The molecular formula is C12H11N5O2S. The van der Waals surface area contributed by atoms with Crippen LogP contribution in [0.3, 0.4) is 0 Å². The average molecular weight is 289 g/mol. The lowest BCUT2D eigenvalue weighted by molar-refractivity contribution is -0.113. The Kier molecular flexibility index (Phi) is 4.22. The first-order valence-corrected chi connectivity index (χ1v) is 6.63. The van der Waals surface area contributed by atoms with Crippen molar-refractivity contribution >= 4 is 23.4 Å². The van der Waals surface area contributed by atoms with Gasteiger partial charge in [0.15, 0.2) is 5.16 Å². The largest absolute Gasteiger partial charge is 0.343 e. The van der Waals surface area contributed by atoms with Crippen LogP contribution >= 0.6 is 11.8 Å². The summed E-state index contributed by atoms with van der Waals surface area (Å²) in [5, 5.41) is 18.1. The Labute approximate surface area is 118 Å². The molecule has 2 rings (SSSR count). The van der Waals surface area contributed by atoms with Crippen LogP contribution in [0.4, 0.5) is 5.69 Å². The smallest absolute Gasteiger partial charge is 0.324 e. The molecule has 2 N–H and O–H groups in total. The molecule has 0 aliphatic rings. The Morgan fingerprint density at radius 1 is 1.55 bits per heavy atom. The van der Waals surface area contributed by atoms with Crippen molar-refractivity contribution in [1.29, 1.82) is 5.26 Å². The van der Waals surface area contributed by atoms with Crippen molar-refractivity contribution in [2.75, 3.05) is 11.1 Å². The topological polar surface area (TPSA) is 104 Å². The third-order valence-electron chi connectivity index (χ3n) is 2.49. The number of nitrogens with one attached hydrogen (secondary N) is 2. The lowest BCUT2D eigenvalue weighted by atomic mass is 10.2. The van der Waals surface area contributed by atoms with Gasteiger partial charge in [-0.05, 0) is 12.1 Å². The summed E-state index contributed by atoms with van der Waals surface area (Å²) < 4.78 is 1.32. The van der Waals surface area contributed by atoms with Crippen LogP contribution in [0.1, 0.15) is 5.56 Å². The van der Waals surface area contributed by atoms with Crippen LogP contribution in [0.15, 0.2) is 34.2 Å². The second kappa shape index (κ2) is 6.08. The maximum Gasteiger partial charge on any atom is 0.343 e. The van der Waals surface area contributed by atoms with E-state index in [2.05, 4.69) is 15.5 Å². The summed E-state index contributed by atoms with van der Waals surface area (Å²) in [7, 11) is 1.57. The van der Waals surface area contributed by atoms with Gasteiger partial charge < -0.3 is 5.32 Å². The van der Waals surface area contributed by atoms with E-state index < -0.39 is 0 Å². The third-order valence-corrected chi connectivity index (χ3v) is 3.52. The number of aromatic nitrogens is 3. The summed E-state index contributed by atoms with van der Waals surface area (Å²) in [4.78, 5) is 23.0. The van der Waals surface area contributed by atoms with E-state index in [4.69, 9.17) is 5.26 Å². The number of para-hydroxylation sites is 1. The highest BCUT2D eigenvalue weighted by Gasteiger charge is 2.10. The van der Waals surface area contributed by atoms with E-state index in [1.54, 1.807) is 31.3 Å². The minimum absolute atomic E-state index is 0.0951. The maximum absolute atomic E-state index is 11.8. The van der Waals surface area contributed by atoms with Gasteiger partial charge in [-0.1, -0.05) is 23.9 Å². The molecule has 0 radical (unpaired) electrons. The van der Waals surface area contributed by atoms with E-state index >= 15 is 0 Å². The first kappa shape index (κ1) is 13.9. The van der Waals surface area contributed by atoms with Crippen molar-refractivity contribution in [3.63, 3.8) is 0 Å². The fraction of sp³-hybridized carbons (Fsp3) is 0.167. The summed E-state index contributed by atoms with van der Waals surface area (Å²) in [6.45, 7) is 0. The predicted molar refractivity (Wildman–Crippen MR) is 74.3 cm³/mol. The molecule has 0 atom stereocenters. The molecule has 0 bridgehead atoms. The summed E-state index contributed by atoms with van der Waals surface area (Å²) in [5.74, 6) is -0.175. The number of H-pyrrole nitrogens is 1. The number of nitriles is 1. The molecule has 8 heteroatoms. The molecule has 0 fully saturated rings. The molecule has 1 aromatic heterocycles. The van der Waals surface area contributed by atoms with Gasteiger partial charge in [-0.3, -0.25) is 9.36 Å². The molecule has 0 saturated heterocycles. The zero-order valence-electron chi connectivity index (χ0n) is 10.6. The van der Waals surface area contributed by atoms with Crippen LogP contribution in [0, 0.1) is 11.3 Å². The molecule has 0 aliphatic carbocycles. The number of thioether (sulfide) groups is 1. The van der Waals surface area contributed by atoms with Crippen LogP contribution in [0.2, 0.25) is 0 Å². The van der Waals surface area contributed by atoms with Crippen molar-refractivity contribution in [2.45, 2.75) is 5.16 Å². The van der Waals surface area contributed by atoms with Crippen LogP contribution < -0.4 is 11.0 Å². The zero-order valence-corrected chi connectivity index (χ0v) is 11.4. The molecule has 7 nitrogen and oxygen atoms in total. The molecule has 2 aromatic rings. The molecule has 1 amide bonds. The van der Waals surface area contributed by atoms with Gasteiger partial charge in [0.25, 0.3) is 0 Å². The van der Waals surface area contributed by atoms with E-state index in [-0.39, 0.29) is 17.3 Å². The number of hydrogen-bond donors (Lipinski definition) is 2. The van der Waals surface area contributed by atoms with Gasteiger partial charge in [0.05, 0.1) is 17.0 Å². The number of nitrogens with zero attached hydrogens (tertiary/aromatic N) is 3. The number of rotatable bonds is 4. The zero-order chi connectivity index (χ0) is 14.5. The fourth-order valence-electron chi connectivity index (χ4n) is 1.47. The van der Waals surface area contributed by atoms with Crippen LogP contribution in [-0.2, 0) is 11.8 Å². The van der Waals surface area contributed by atoms with Gasteiger partial charge in [0.2, 0.25) is 5.91 Å².